The standard InChI is InChI=1S/C20H24N/c1-15-3-7-17(8-4-15)20(19-11-13-21-14-12-19)18-9-5-16(2)6-10-18/h3-10,19-20H,11-14H2,1-2H3. The first-order valence-corrected chi connectivity index (χ1v) is 8.00. The molecule has 0 N–H and O–H groups in total. The first-order chi connectivity index (χ1) is 10.2. The molecule has 1 saturated heterocycles. The molecule has 109 valence electrons. The van der Waals surface area contributed by atoms with E-state index in [9.17, 15) is 0 Å². The maximum absolute atomic E-state index is 4.53. The molecule has 0 unspecified atom stereocenters. The minimum atomic E-state index is 0.515. The number of aryl methyl sites for hydroxylation is 2. The van der Waals surface area contributed by atoms with Crippen LogP contribution in [0.25, 0.3) is 0 Å². The Kier molecular flexibility index (Phi) is 4.40. The Labute approximate surface area is 128 Å². The maximum Gasteiger partial charge on any atom is 0.0136 e. The van der Waals surface area contributed by atoms with Gasteiger partial charge < -0.3 is 0 Å². The van der Waals surface area contributed by atoms with E-state index in [0.717, 1.165) is 13.1 Å². The summed E-state index contributed by atoms with van der Waals surface area (Å²) in [5.74, 6) is 1.23. The average Bonchev–Trinajstić information content (AvgIpc) is 2.52. The molecule has 0 saturated carbocycles. The van der Waals surface area contributed by atoms with Gasteiger partial charge in [0.1, 0.15) is 0 Å². The fraction of sp³-hybridized carbons (Fsp3) is 0.400. The quantitative estimate of drug-likeness (QED) is 0.787. The molecule has 1 aliphatic heterocycles. The average molecular weight is 278 g/mol. The van der Waals surface area contributed by atoms with Gasteiger partial charge in [0, 0.05) is 19.0 Å². The molecule has 1 nitrogen and oxygen atoms in total. The molecular formula is C20H24N. The fourth-order valence-corrected chi connectivity index (χ4v) is 3.39. The molecule has 0 atom stereocenters. The SMILES string of the molecule is Cc1ccc(C(c2ccc(C)cc2)C2CC[N]CC2)cc1. The summed E-state index contributed by atoms with van der Waals surface area (Å²) in [7, 11) is 0. The molecule has 1 fully saturated rings. The molecule has 1 aliphatic rings. The Morgan fingerprint density at radius 1 is 0.762 bits per heavy atom. The predicted octanol–water partition coefficient (Wildman–Crippen LogP) is 4.45. The minimum absolute atomic E-state index is 0.515. The number of rotatable bonds is 3. The summed E-state index contributed by atoms with van der Waals surface area (Å²) in [6.45, 7) is 6.37. The highest BCUT2D eigenvalue weighted by atomic mass is 14.9. The molecule has 0 spiro atoms. The predicted molar refractivity (Wildman–Crippen MR) is 88.8 cm³/mol. The van der Waals surface area contributed by atoms with Crippen molar-refractivity contribution in [2.24, 2.45) is 5.92 Å². The monoisotopic (exact) mass is 278 g/mol. The van der Waals surface area contributed by atoms with Crippen LogP contribution in [0.5, 0.6) is 0 Å². The van der Waals surface area contributed by atoms with E-state index in [1.807, 2.05) is 0 Å². The molecular weight excluding hydrogens is 254 g/mol. The lowest BCUT2D eigenvalue weighted by molar-refractivity contribution is 0.338. The van der Waals surface area contributed by atoms with Gasteiger partial charge in [-0.05, 0) is 43.7 Å². The number of piperidine rings is 1. The second-order valence-electron chi connectivity index (χ2n) is 6.31. The van der Waals surface area contributed by atoms with Crippen LogP contribution in [-0.4, -0.2) is 13.1 Å². The van der Waals surface area contributed by atoms with E-state index in [2.05, 4.69) is 67.7 Å². The van der Waals surface area contributed by atoms with E-state index in [-0.39, 0.29) is 0 Å². The van der Waals surface area contributed by atoms with Gasteiger partial charge in [0.2, 0.25) is 0 Å². The summed E-state index contributed by atoms with van der Waals surface area (Å²) < 4.78 is 0. The van der Waals surface area contributed by atoms with Crippen molar-refractivity contribution < 1.29 is 0 Å². The van der Waals surface area contributed by atoms with Gasteiger partial charge in [-0.3, -0.25) is 0 Å². The molecule has 1 heterocycles. The summed E-state index contributed by atoms with van der Waals surface area (Å²) in [6.07, 6.45) is 2.43. The van der Waals surface area contributed by atoms with Crippen molar-refractivity contribution in [3.8, 4) is 0 Å². The van der Waals surface area contributed by atoms with Crippen molar-refractivity contribution in [1.82, 2.24) is 5.32 Å². The number of hydrogen-bond donors (Lipinski definition) is 0. The highest BCUT2D eigenvalue weighted by molar-refractivity contribution is 5.36. The van der Waals surface area contributed by atoms with Gasteiger partial charge in [0.05, 0.1) is 0 Å². The smallest absolute Gasteiger partial charge is 0.0136 e. The molecule has 0 amide bonds. The van der Waals surface area contributed by atoms with Gasteiger partial charge >= 0.3 is 0 Å². The van der Waals surface area contributed by atoms with Crippen molar-refractivity contribution in [3.05, 3.63) is 70.8 Å². The van der Waals surface area contributed by atoms with Crippen molar-refractivity contribution in [1.29, 1.82) is 0 Å². The maximum atomic E-state index is 4.53. The first kappa shape index (κ1) is 14.3. The second-order valence-corrected chi connectivity index (χ2v) is 6.31. The van der Waals surface area contributed by atoms with Crippen LogP contribution in [0.4, 0.5) is 0 Å². The Morgan fingerprint density at radius 3 is 1.62 bits per heavy atom. The third-order valence-electron chi connectivity index (χ3n) is 4.66. The van der Waals surface area contributed by atoms with E-state index in [4.69, 9.17) is 0 Å². The zero-order valence-electron chi connectivity index (χ0n) is 13.0. The lowest BCUT2D eigenvalue weighted by Crippen LogP contribution is -2.27. The summed E-state index contributed by atoms with van der Waals surface area (Å²) in [4.78, 5) is 0. The minimum Gasteiger partial charge on any atom is -0.242 e. The lowest BCUT2D eigenvalue weighted by Gasteiger charge is -2.31. The molecule has 2 aromatic rings. The van der Waals surface area contributed by atoms with Crippen LogP contribution >= 0.6 is 0 Å². The van der Waals surface area contributed by atoms with E-state index < -0.39 is 0 Å². The zero-order chi connectivity index (χ0) is 14.7. The van der Waals surface area contributed by atoms with Gasteiger partial charge in [0.25, 0.3) is 0 Å². The van der Waals surface area contributed by atoms with Crippen LogP contribution in [-0.2, 0) is 0 Å². The lowest BCUT2D eigenvalue weighted by atomic mass is 9.76. The molecule has 1 radical (unpaired) electrons. The molecule has 0 aromatic heterocycles. The summed E-state index contributed by atoms with van der Waals surface area (Å²) >= 11 is 0. The Morgan fingerprint density at radius 2 is 1.19 bits per heavy atom. The van der Waals surface area contributed by atoms with Crippen LogP contribution in [0, 0.1) is 19.8 Å². The summed E-state index contributed by atoms with van der Waals surface area (Å²) in [5, 5.41) is 4.53. The molecule has 2 aromatic carbocycles. The van der Waals surface area contributed by atoms with Gasteiger partial charge in [-0.1, -0.05) is 59.7 Å². The molecule has 0 aliphatic carbocycles. The Hall–Kier alpha value is -1.60. The number of hydrogen-bond acceptors (Lipinski definition) is 0. The Balaban J connectivity index is 1.97. The van der Waals surface area contributed by atoms with Gasteiger partial charge in [-0.15, -0.1) is 0 Å². The van der Waals surface area contributed by atoms with Gasteiger partial charge in [-0.25, -0.2) is 5.32 Å². The van der Waals surface area contributed by atoms with Crippen LogP contribution < -0.4 is 5.32 Å². The molecule has 21 heavy (non-hydrogen) atoms. The van der Waals surface area contributed by atoms with Crippen LogP contribution in [0.15, 0.2) is 48.5 Å². The molecule has 1 heteroatoms. The zero-order valence-corrected chi connectivity index (χ0v) is 13.0. The molecule has 3 rings (SSSR count). The van der Waals surface area contributed by atoms with Gasteiger partial charge in [0.15, 0.2) is 0 Å². The van der Waals surface area contributed by atoms with E-state index >= 15 is 0 Å². The van der Waals surface area contributed by atoms with E-state index in [1.165, 1.54) is 35.1 Å². The third kappa shape index (κ3) is 3.36. The van der Waals surface area contributed by atoms with Crippen LogP contribution in [0.3, 0.4) is 0 Å². The second kappa shape index (κ2) is 6.44. The number of benzene rings is 2. The topological polar surface area (TPSA) is 14.1 Å². The van der Waals surface area contributed by atoms with Crippen molar-refractivity contribution in [2.45, 2.75) is 32.6 Å². The van der Waals surface area contributed by atoms with Crippen molar-refractivity contribution >= 4 is 0 Å². The Bertz CT molecular complexity index is 516. The highest BCUT2D eigenvalue weighted by Gasteiger charge is 2.26. The normalized spacial score (nSPS) is 16.3. The first-order valence-electron chi connectivity index (χ1n) is 8.00. The van der Waals surface area contributed by atoms with Crippen LogP contribution in [0.1, 0.15) is 41.0 Å². The fourth-order valence-electron chi connectivity index (χ4n) is 3.39. The largest absolute Gasteiger partial charge is 0.242 e. The number of nitrogens with zero attached hydrogens (tertiary/aromatic N) is 1. The van der Waals surface area contributed by atoms with E-state index in [1.54, 1.807) is 0 Å². The van der Waals surface area contributed by atoms with E-state index in [0.29, 0.717) is 11.8 Å². The highest BCUT2D eigenvalue weighted by Crippen LogP contribution is 2.37. The van der Waals surface area contributed by atoms with Crippen LogP contribution in [0.2, 0.25) is 0 Å². The van der Waals surface area contributed by atoms with Gasteiger partial charge in [-0.2, -0.15) is 0 Å². The summed E-state index contributed by atoms with van der Waals surface area (Å²) in [5.41, 5.74) is 5.58. The summed E-state index contributed by atoms with van der Waals surface area (Å²) in [6, 6.07) is 18.2. The van der Waals surface area contributed by atoms with Crippen molar-refractivity contribution in [3.63, 3.8) is 0 Å². The molecule has 0 bridgehead atoms. The third-order valence-corrected chi connectivity index (χ3v) is 4.66. The van der Waals surface area contributed by atoms with Crippen molar-refractivity contribution in [2.75, 3.05) is 13.1 Å².